The van der Waals surface area contributed by atoms with Crippen molar-refractivity contribution < 1.29 is 9.18 Å². The summed E-state index contributed by atoms with van der Waals surface area (Å²) >= 11 is 5.65. The van der Waals surface area contributed by atoms with Crippen LogP contribution in [0.2, 0.25) is 5.02 Å². The van der Waals surface area contributed by atoms with Gasteiger partial charge in [0.05, 0.1) is 5.02 Å². The van der Waals surface area contributed by atoms with E-state index >= 15 is 0 Å². The van der Waals surface area contributed by atoms with Gasteiger partial charge in [-0.15, -0.1) is 0 Å². The third kappa shape index (κ3) is 4.48. The summed E-state index contributed by atoms with van der Waals surface area (Å²) in [4.78, 5) is 11.7. The summed E-state index contributed by atoms with van der Waals surface area (Å²) in [7, 11) is 0. The molecule has 1 amide bonds. The molecule has 0 radical (unpaired) electrons. The molecule has 0 bridgehead atoms. The van der Waals surface area contributed by atoms with Crippen LogP contribution in [0.15, 0.2) is 18.2 Å². The van der Waals surface area contributed by atoms with Crippen molar-refractivity contribution in [1.29, 1.82) is 0 Å². The van der Waals surface area contributed by atoms with Crippen LogP contribution in [0.5, 0.6) is 0 Å². The minimum atomic E-state index is -0.484. The van der Waals surface area contributed by atoms with Crippen molar-refractivity contribution >= 4 is 23.2 Å². The van der Waals surface area contributed by atoms with Gasteiger partial charge in [0.1, 0.15) is 5.82 Å². The maximum atomic E-state index is 13.0. The van der Waals surface area contributed by atoms with Gasteiger partial charge in [-0.25, -0.2) is 4.39 Å². The molecule has 1 aromatic rings. The minimum Gasteiger partial charge on any atom is -0.326 e. The van der Waals surface area contributed by atoms with Crippen molar-refractivity contribution in [2.24, 2.45) is 0 Å². The predicted molar refractivity (Wildman–Crippen MR) is 74.9 cm³/mol. The van der Waals surface area contributed by atoms with Gasteiger partial charge in [0, 0.05) is 24.7 Å². The van der Waals surface area contributed by atoms with Gasteiger partial charge in [0.15, 0.2) is 0 Å². The summed E-state index contributed by atoms with van der Waals surface area (Å²) in [5.41, 5.74) is 0.525. The number of nitrogens with one attached hydrogen (secondary N) is 2. The highest BCUT2D eigenvalue weighted by Crippen LogP contribution is 2.19. The van der Waals surface area contributed by atoms with E-state index in [0.29, 0.717) is 24.7 Å². The zero-order valence-electron chi connectivity index (χ0n) is 10.7. The number of hydrogen-bond acceptors (Lipinski definition) is 2. The molecule has 2 N–H and O–H groups in total. The summed E-state index contributed by atoms with van der Waals surface area (Å²) in [6.45, 7) is 0.672. The minimum absolute atomic E-state index is 0.0156. The molecule has 0 heterocycles. The second kappa shape index (κ2) is 6.87. The fourth-order valence-electron chi connectivity index (χ4n) is 2.32. The normalized spacial score (nSPS) is 15.7. The van der Waals surface area contributed by atoms with Crippen LogP contribution in [-0.2, 0) is 4.79 Å². The van der Waals surface area contributed by atoms with E-state index in [-0.39, 0.29) is 10.9 Å². The van der Waals surface area contributed by atoms with Crippen LogP contribution in [0.25, 0.3) is 0 Å². The fraction of sp³-hybridized carbons (Fsp3) is 0.500. The summed E-state index contributed by atoms with van der Waals surface area (Å²) in [5, 5.41) is 6.09. The van der Waals surface area contributed by atoms with Gasteiger partial charge >= 0.3 is 0 Å². The van der Waals surface area contributed by atoms with E-state index in [9.17, 15) is 9.18 Å². The number of amides is 1. The van der Waals surface area contributed by atoms with Crippen LogP contribution >= 0.6 is 11.6 Å². The van der Waals surface area contributed by atoms with E-state index in [1.165, 1.54) is 43.9 Å². The fourth-order valence-corrected chi connectivity index (χ4v) is 2.50. The topological polar surface area (TPSA) is 41.1 Å². The Balaban J connectivity index is 1.72. The van der Waals surface area contributed by atoms with Crippen molar-refractivity contribution in [3.63, 3.8) is 0 Å². The quantitative estimate of drug-likeness (QED) is 0.871. The van der Waals surface area contributed by atoms with E-state index in [2.05, 4.69) is 10.6 Å². The Labute approximate surface area is 117 Å². The second-order valence-electron chi connectivity index (χ2n) is 4.86. The second-order valence-corrected chi connectivity index (χ2v) is 5.27. The number of rotatable bonds is 5. The van der Waals surface area contributed by atoms with Gasteiger partial charge in [-0.3, -0.25) is 4.79 Å². The molecular formula is C14H18ClFN2O. The Morgan fingerprint density at radius 2 is 2.11 bits per heavy atom. The zero-order valence-corrected chi connectivity index (χ0v) is 11.5. The van der Waals surface area contributed by atoms with E-state index in [4.69, 9.17) is 11.6 Å². The third-order valence-electron chi connectivity index (χ3n) is 3.34. The SMILES string of the molecule is O=C(CCNC1CCCC1)Nc1ccc(F)c(Cl)c1. The molecule has 2 rings (SSSR count). The molecule has 0 aromatic heterocycles. The average molecular weight is 285 g/mol. The molecule has 0 atom stereocenters. The maximum Gasteiger partial charge on any atom is 0.225 e. The third-order valence-corrected chi connectivity index (χ3v) is 3.63. The Morgan fingerprint density at radius 1 is 1.37 bits per heavy atom. The van der Waals surface area contributed by atoms with Crippen LogP contribution in [0.3, 0.4) is 0 Å². The number of benzene rings is 1. The molecule has 0 aliphatic heterocycles. The first-order chi connectivity index (χ1) is 9.15. The number of carbonyl (C=O) groups excluding carboxylic acids is 1. The first-order valence-corrected chi connectivity index (χ1v) is 7.01. The maximum absolute atomic E-state index is 13.0. The van der Waals surface area contributed by atoms with E-state index in [1.807, 2.05) is 0 Å². The summed E-state index contributed by atoms with van der Waals surface area (Å²) in [6, 6.07) is 4.73. The predicted octanol–water partition coefficient (Wildman–Crippen LogP) is 3.34. The van der Waals surface area contributed by atoms with Gasteiger partial charge in [-0.1, -0.05) is 24.4 Å². The molecule has 0 spiro atoms. The van der Waals surface area contributed by atoms with Crippen molar-refractivity contribution in [2.75, 3.05) is 11.9 Å². The molecule has 3 nitrogen and oxygen atoms in total. The van der Waals surface area contributed by atoms with Crippen LogP contribution in [0, 0.1) is 5.82 Å². The lowest BCUT2D eigenvalue weighted by atomic mass is 10.2. The van der Waals surface area contributed by atoms with Crippen molar-refractivity contribution in [3.8, 4) is 0 Å². The molecule has 19 heavy (non-hydrogen) atoms. The highest BCUT2D eigenvalue weighted by molar-refractivity contribution is 6.31. The molecule has 1 aliphatic rings. The van der Waals surface area contributed by atoms with E-state index in [1.54, 1.807) is 0 Å². The largest absolute Gasteiger partial charge is 0.326 e. The number of carbonyl (C=O) groups is 1. The first kappa shape index (κ1) is 14.3. The summed E-state index contributed by atoms with van der Waals surface area (Å²) in [5.74, 6) is -0.573. The van der Waals surface area contributed by atoms with Crippen LogP contribution < -0.4 is 10.6 Å². The van der Waals surface area contributed by atoms with E-state index in [0.717, 1.165) is 0 Å². The van der Waals surface area contributed by atoms with E-state index < -0.39 is 5.82 Å². The molecule has 1 saturated carbocycles. The zero-order chi connectivity index (χ0) is 13.7. The lowest BCUT2D eigenvalue weighted by Crippen LogP contribution is -2.29. The molecule has 1 aliphatic carbocycles. The molecular weight excluding hydrogens is 267 g/mol. The number of halogens is 2. The highest BCUT2D eigenvalue weighted by Gasteiger charge is 2.14. The smallest absolute Gasteiger partial charge is 0.225 e. The Kier molecular flexibility index (Phi) is 5.16. The molecule has 0 unspecified atom stereocenters. The monoisotopic (exact) mass is 284 g/mol. The Hall–Kier alpha value is -1.13. The summed E-state index contributed by atoms with van der Waals surface area (Å²) < 4.78 is 13.0. The van der Waals surface area contributed by atoms with Gasteiger partial charge < -0.3 is 10.6 Å². The molecule has 0 saturated heterocycles. The Bertz CT molecular complexity index is 447. The number of hydrogen-bond donors (Lipinski definition) is 2. The van der Waals surface area contributed by atoms with Crippen LogP contribution in [0.1, 0.15) is 32.1 Å². The molecule has 1 fully saturated rings. The lowest BCUT2D eigenvalue weighted by Gasteiger charge is -2.11. The lowest BCUT2D eigenvalue weighted by molar-refractivity contribution is -0.116. The molecule has 5 heteroatoms. The van der Waals surface area contributed by atoms with Crippen LogP contribution in [0.4, 0.5) is 10.1 Å². The molecule has 104 valence electrons. The average Bonchev–Trinajstić information content (AvgIpc) is 2.87. The Morgan fingerprint density at radius 3 is 2.79 bits per heavy atom. The van der Waals surface area contributed by atoms with Gasteiger partial charge in [-0.05, 0) is 31.0 Å². The number of anilines is 1. The van der Waals surface area contributed by atoms with Crippen LogP contribution in [-0.4, -0.2) is 18.5 Å². The standard InChI is InChI=1S/C14H18ClFN2O/c15-12-9-11(5-6-13(12)16)18-14(19)7-8-17-10-3-1-2-4-10/h5-6,9-10,17H,1-4,7-8H2,(H,18,19). The van der Waals surface area contributed by atoms with Crippen molar-refractivity contribution in [3.05, 3.63) is 29.0 Å². The van der Waals surface area contributed by atoms with Crippen molar-refractivity contribution in [1.82, 2.24) is 5.32 Å². The van der Waals surface area contributed by atoms with Gasteiger partial charge in [-0.2, -0.15) is 0 Å². The molecule has 1 aromatic carbocycles. The van der Waals surface area contributed by atoms with Crippen molar-refractivity contribution in [2.45, 2.75) is 38.1 Å². The van der Waals surface area contributed by atoms with Gasteiger partial charge in [0.2, 0.25) is 5.91 Å². The highest BCUT2D eigenvalue weighted by atomic mass is 35.5. The first-order valence-electron chi connectivity index (χ1n) is 6.63. The van der Waals surface area contributed by atoms with Gasteiger partial charge in [0.25, 0.3) is 0 Å². The summed E-state index contributed by atoms with van der Waals surface area (Å²) in [6.07, 6.45) is 5.37.